The fourth-order valence-electron chi connectivity index (χ4n) is 2.20. The van der Waals surface area contributed by atoms with Crippen LogP contribution in [-0.2, 0) is 0 Å². The average molecular weight is 310 g/mol. The highest BCUT2D eigenvalue weighted by molar-refractivity contribution is 5.87. The van der Waals surface area contributed by atoms with E-state index in [4.69, 9.17) is 10.8 Å². The standard InChI is InChI=1S/C15H14N6O2/c1-8-7-9(2)21-14(17-8)12(13(16)20-21)19-18-11-5-3-10(4-6-11)15(22)23/h3-7H,1-2H3,(H2,16,20)(H,22,23). The van der Waals surface area contributed by atoms with Crippen LogP contribution in [-0.4, -0.2) is 25.7 Å². The summed E-state index contributed by atoms with van der Waals surface area (Å²) in [5.74, 6) is -0.757. The summed E-state index contributed by atoms with van der Waals surface area (Å²) in [5.41, 5.74) is 9.24. The Labute approximate surface area is 131 Å². The summed E-state index contributed by atoms with van der Waals surface area (Å²) >= 11 is 0. The number of hydrogen-bond acceptors (Lipinski definition) is 6. The lowest BCUT2D eigenvalue weighted by atomic mass is 10.2. The van der Waals surface area contributed by atoms with E-state index >= 15 is 0 Å². The van der Waals surface area contributed by atoms with E-state index in [0.29, 0.717) is 17.0 Å². The maximum Gasteiger partial charge on any atom is 0.335 e. The third-order valence-corrected chi connectivity index (χ3v) is 3.28. The minimum absolute atomic E-state index is 0.187. The number of aryl methyl sites for hydroxylation is 2. The van der Waals surface area contributed by atoms with Crippen molar-refractivity contribution in [2.75, 3.05) is 5.73 Å². The van der Waals surface area contributed by atoms with Gasteiger partial charge in [0.05, 0.1) is 11.3 Å². The van der Waals surface area contributed by atoms with Gasteiger partial charge in [0.2, 0.25) is 0 Å². The second kappa shape index (κ2) is 5.48. The van der Waals surface area contributed by atoms with Crippen molar-refractivity contribution < 1.29 is 9.90 Å². The number of anilines is 1. The number of carboxylic acids is 1. The van der Waals surface area contributed by atoms with E-state index in [1.54, 1.807) is 16.6 Å². The molecule has 0 spiro atoms. The Hall–Kier alpha value is -3.29. The van der Waals surface area contributed by atoms with Gasteiger partial charge in [-0.2, -0.15) is 5.11 Å². The van der Waals surface area contributed by atoms with Crippen LogP contribution in [0.3, 0.4) is 0 Å². The Bertz CT molecular complexity index is 927. The largest absolute Gasteiger partial charge is 0.478 e. The van der Waals surface area contributed by atoms with Crippen molar-refractivity contribution in [3.8, 4) is 0 Å². The lowest BCUT2D eigenvalue weighted by Crippen LogP contribution is -1.97. The molecule has 0 aliphatic heterocycles. The topological polar surface area (TPSA) is 118 Å². The van der Waals surface area contributed by atoms with Crippen molar-refractivity contribution in [1.82, 2.24) is 14.6 Å². The molecule has 0 aliphatic rings. The molecule has 0 amide bonds. The first-order valence-corrected chi connectivity index (χ1v) is 6.83. The fourth-order valence-corrected chi connectivity index (χ4v) is 2.20. The summed E-state index contributed by atoms with van der Waals surface area (Å²) in [5, 5.41) is 21.3. The van der Waals surface area contributed by atoms with Crippen LogP contribution in [0.4, 0.5) is 17.2 Å². The van der Waals surface area contributed by atoms with Gasteiger partial charge in [-0.05, 0) is 44.2 Å². The maximum absolute atomic E-state index is 10.8. The Morgan fingerprint density at radius 3 is 2.57 bits per heavy atom. The van der Waals surface area contributed by atoms with E-state index in [1.165, 1.54) is 12.1 Å². The fraction of sp³-hybridized carbons (Fsp3) is 0.133. The number of azo groups is 1. The number of carboxylic acid groups (broad SMARTS) is 1. The summed E-state index contributed by atoms with van der Waals surface area (Å²) in [6.07, 6.45) is 0. The molecule has 0 unspecified atom stereocenters. The minimum atomic E-state index is -0.990. The molecular formula is C15H14N6O2. The van der Waals surface area contributed by atoms with E-state index in [-0.39, 0.29) is 11.4 Å². The number of rotatable bonds is 3. The molecule has 0 bridgehead atoms. The van der Waals surface area contributed by atoms with Crippen LogP contribution < -0.4 is 5.73 Å². The van der Waals surface area contributed by atoms with Crippen molar-refractivity contribution in [2.45, 2.75) is 13.8 Å². The average Bonchev–Trinajstić information content (AvgIpc) is 2.82. The number of aromatic nitrogens is 3. The van der Waals surface area contributed by atoms with Crippen LogP contribution in [0.1, 0.15) is 21.7 Å². The number of carbonyl (C=O) groups is 1. The molecule has 0 atom stereocenters. The second-order valence-electron chi connectivity index (χ2n) is 5.06. The number of aromatic carboxylic acids is 1. The highest BCUT2D eigenvalue weighted by Gasteiger charge is 2.13. The lowest BCUT2D eigenvalue weighted by Gasteiger charge is -1.99. The molecule has 8 nitrogen and oxygen atoms in total. The Kier molecular flexibility index (Phi) is 3.49. The molecule has 0 aliphatic carbocycles. The molecule has 1 aromatic carbocycles. The molecule has 2 heterocycles. The van der Waals surface area contributed by atoms with Crippen LogP contribution in [0.25, 0.3) is 5.65 Å². The zero-order chi connectivity index (χ0) is 16.6. The van der Waals surface area contributed by atoms with Gasteiger partial charge >= 0.3 is 5.97 Å². The zero-order valence-electron chi connectivity index (χ0n) is 12.6. The number of fused-ring (bicyclic) bond motifs is 1. The number of nitrogen functional groups attached to an aromatic ring is 1. The predicted octanol–water partition coefficient (Wildman–Crippen LogP) is 3.04. The van der Waals surface area contributed by atoms with E-state index in [9.17, 15) is 4.79 Å². The third kappa shape index (κ3) is 2.73. The van der Waals surface area contributed by atoms with Gasteiger partial charge in [0, 0.05) is 11.4 Å². The highest BCUT2D eigenvalue weighted by atomic mass is 16.4. The van der Waals surface area contributed by atoms with E-state index in [2.05, 4.69) is 20.3 Å². The normalized spacial score (nSPS) is 11.4. The van der Waals surface area contributed by atoms with Crippen molar-refractivity contribution in [3.63, 3.8) is 0 Å². The molecular weight excluding hydrogens is 296 g/mol. The van der Waals surface area contributed by atoms with Gasteiger partial charge in [0.15, 0.2) is 17.2 Å². The molecule has 3 rings (SSSR count). The van der Waals surface area contributed by atoms with Gasteiger partial charge in [0.1, 0.15) is 0 Å². The molecule has 0 saturated heterocycles. The smallest absolute Gasteiger partial charge is 0.335 e. The van der Waals surface area contributed by atoms with Crippen molar-refractivity contribution in [1.29, 1.82) is 0 Å². The van der Waals surface area contributed by atoms with Crippen LogP contribution in [0, 0.1) is 13.8 Å². The number of benzene rings is 1. The minimum Gasteiger partial charge on any atom is -0.478 e. The Balaban J connectivity index is 2.00. The molecule has 8 heteroatoms. The maximum atomic E-state index is 10.8. The number of hydrogen-bond donors (Lipinski definition) is 2. The molecule has 0 saturated carbocycles. The van der Waals surface area contributed by atoms with Gasteiger partial charge in [-0.15, -0.1) is 10.2 Å². The Morgan fingerprint density at radius 2 is 1.91 bits per heavy atom. The highest BCUT2D eigenvalue weighted by Crippen LogP contribution is 2.29. The molecule has 116 valence electrons. The summed E-state index contributed by atoms with van der Waals surface area (Å²) in [4.78, 5) is 15.2. The van der Waals surface area contributed by atoms with Crippen LogP contribution in [0.15, 0.2) is 40.6 Å². The Morgan fingerprint density at radius 1 is 1.22 bits per heavy atom. The number of nitrogens with two attached hydrogens (primary N) is 1. The van der Waals surface area contributed by atoms with Gasteiger partial charge in [-0.25, -0.2) is 14.3 Å². The van der Waals surface area contributed by atoms with Gasteiger partial charge in [-0.1, -0.05) is 0 Å². The van der Waals surface area contributed by atoms with Crippen LogP contribution in [0.2, 0.25) is 0 Å². The first-order valence-electron chi connectivity index (χ1n) is 6.83. The molecule has 2 aromatic heterocycles. The molecule has 23 heavy (non-hydrogen) atoms. The predicted molar refractivity (Wildman–Crippen MR) is 84.5 cm³/mol. The van der Waals surface area contributed by atoms with Crippen molar-refractivity contribution in [3.05, 3.63) is 47.3 Å². The van der Waals surface area contributed by atoms with Crippen LogP contribution >= 0.6 is 0 Å². The van der Waals surface area contributed by atoms with Gasteiger partial charge < -0.3 is 10.8 Å². The molecule has 3 aromatic rings. The zero-order valence-corrected chi connectivity index (χ0v) is 12.6. The summed E-state index contributed by atoms with van der Waals surface area (Å²) in [6, 6.07) is 7.95. The monoisotopic (exact) mass is 310 g/mol. The summed E-state index contributed by atoms with van der Waals surface area (Å²) < 4.78 is 1.62. The third-order valence-electron chi connectivity index (χ3n) is 3.28. The SMILES string of the molecule is Cc1cc(C)n2nc(N)c(N=Nc3ccc(C(=O)O)cc3)c2n1. The van der Waals surface area contributed by atoms with E-state index in [1.807, 2.05) is 19.9 Å². The van der Waals surface area contributed by atoms with Gasteiger partial charge in [-0.3, -0.25) is 0 Å². The summed E-state index contributed by atoms with van der Waals surface area (Å²) in [6.45, 7) is 3.78. The van der Waals surface area contributed by atoms with E-state index in [0.717, 1.165) is 11.4 Å². The first kappa shape index (κ1) is 14.6. The quantitative estimate of drug-likeness (QED) is 0.721. The molecule has 3 N–H and O–H groups in total. The lowest BCUT2D eigenvalue weighted by molar-refractivity contribution is 0.0697. The van der Waals surface area contributed by atoms with Crippen molar-refractivity contribution in [2.24, 2.45) is 10.2 Å². The van der Waals surface area contributed by atoms with Crippen molar-refractivity contribution >= 4 is 28.8 Å². The second-order valence-corrected chi connectivity index (χ2v) is 5.06. The number of nitrogens with zero attached hydrogens (tertiary/aromatic N) is 5. The van der Waals surface area contributed by atoms with Crippen LogP contribution in [0.5, 0.6) is 0 Å². The van der Waals surface area contributed by atoms with E-state index < -0.39 is 5.97 Å². The summed E-state index contributed by atoms with van der Waals surface area (Å²) in [7, 11) is 0. The molecule has 0 fully saturated rings. The molecule has 0 radical (unpaired) electrons. The van der Waals surface area contributed by atoms with Gasteiger partial charge in [0.25, 0.3) is 0 Å². The first-order chi connectivity index (χ1) is 11.0.